The van der Waals surface area contributed by atoms with E-state index in [0.717, 1.165) is 20.9 Å². The van der Waals surface area contributed by atoms with Crippen LogP contribution in [0.25, 0.3) is 0 Å². The molecular formula is C13H18Br2N2O2. The molecule has 1 rings (SSSR count). The topological polar surface area (TPSA) is 64.3 Å². The van der Waals surface area contributed by atoms with Crippen molar-refractivity contribution in [2.45, 2.75) is 32.9 Å². The summed E-state index contributed by atoms with van der Waals surface area (Å²) in [5, 5.41) is 2.80. The Kier molecular flexibility index (Phi) is 6.82. The van der Waals surface area contributed by atoms with E-state index in [4.69, 9.17) is 10.5 Å². The molecule has 0 aliphatic carbocycles. The molecule has 1 aromatic carbocycles. The summed E-state index contributed by atoms with van der Waals surface area (Å²) < 4.78 is 7.24. The van der Waals surface area contributed by atoms with Gasteiger partial charge in [0.15, 0.2) is 6.10 Å². The number of benzene rings is 1. The second kappa shape index (κ2) is 7.87. The summed E-state index contributed by atoms with van der Waals surface area (Å²) in [7, 11) is 0. The molecule has 0 bridgehead atoms. The van der Waals surface area contributed by atoms with E-state index in [0.29, 0.717) is 18.8 Å². The first kappa shape index (κ1) is 16.5. The number of carbonyl (C=O) groups excluding carboxylic acids is 1. The molecule has 0 aliphatic heterocycles. The zero-order chi connectivity index (χ0) is 14.4. The summed E-state index contributed by atoms with van der Waals surface area (Å²) in [6.45, 7) is 4.83. The molecule has 106 valence electrons. The van der Waals surface area contributed by atoms with E-state index in [9.17, 15) is 4.79 Å². The number of nitrogens with two attached hydrogens (primary N) is 1. The van der Waals surface area contributed by atoms with Gasteiger partial charge in [-0.2, -0.15) is 0 Å². The molecule has 3 N–H and O–H groups in total. The Morgan fingerprint density at radius 1 is 1.42 bits per heavy atom. The molecule has 4 nitrogen and oxygen atoms in total. The molecule has 0 heterocycles. The zero-order valence-electron chi connectivity index (χ0n) is 11.0. The average molecular weight is 394 g/mol. The van der Waals surface area contributed by atoms with E-state index >= 15 is 0 Å². The maximum Gasteiger partial charge on any atom is 0.260 e. The zero-order valence-corrected chi connectivity index (χ0v) is 14.2. The third-order valence-electron chi connectivity index (χ3n) is 2.51. The lowest BCUT2D eigenvalue weighted by Gasteiger charge is -2.17. The molecule has 0 saturated heterocycles. The van der Waals surface area contributed by atoms with Crippen LogP contribution in [0.15, 0.2) is 21.1 Å². The number of hydrogen-bond acceptors (Lipinski definition) is 3. The van der Waals surface area contributed by atoms with Gasteiger partial charge in [-0.15, -0.1) is 0 Å². The van der Waals surface area contributed by atoms with Gasteiger partial charge in [0.25, 0.3) is 5.91 Å². The largest absolute Gasteiger partial charge is 0.479 e. The number of ether oxygens (including phenoxy) is 1. The van der Waals surface area contributed by atoms with Crippen LogP contribution in [0.3, 0.4) is 0 Å². The number of halogens is 2. The van der Waals surface area contributed by atoms with Crippen LogP contribution in [-0.4, -0.2) is 18.6 Å². The van der Waals surface area contributed by atoms with Gasteiger partial charge < -0.3 is 15.8 Å². The minimum absolute atomic E-state index is 0.122. The normalized spacial score (nSPS) is 12.1. The highest BCUT2D eigenvalue weighted by atomic mass is 79.9. The Labute approximate surface area is 130 Å². The summed E-state index contributed by atoms with van der Waals surface area (Å²) in [5.74, 6) is 0.486. The minimum atomic E-state index is -0.553. The van der Waals surface area contributed by atoms with Crippen molar-refractivity contribution in [3.8, 4) is 5.75 Å². The van der Waals surface area contributed by atoms with E-state index in [2.05, 4.69) is 37.2 Å². The molecule has 0 radical (unpaired) electrons. The van der Waals surface area contributed by atoms with E-state index in [1.54, 1.807) is 6.92 Å². The van der Waals surface area contributed by atoms with Crippen LogP contribution in [0.4, 0.5) is 0 Å². The van der Waals surface area contributed by atoms with E-state index < -0.39 is 6.10 Å². The van der Waals surface area contributed by atoms with E-state index in [1.807, 2.05) is 19.1 Å². The highest BCUT2D eigenvalue weighted by Crippen LogP contribution is 2.35. The summed E-state index contributed by atoms with van der Waals surface area (Å²) in [6.07, 6.45) is 0.347. The molecule has 0 fully saturated rings. The van der Waals surface area contributed by atoms with Crippen LogP contribution >= 0.6 is 31.9 Å². The molecule has 1 unspecified atom stereocenters. The first-order chi connectivity index (χ1) is 8.99. The van der Waals surface area contributed by atoms with Gasteiger partial charge in [0.05, 0.1) is 8.95 Å². The lowest BCUT2D eigenvalue weighted by molar-refractivity contribution is -0.127. The SMILES string of the molecule is CCCNC(=O)C(C)Oc1c(Br)cc(CN)cc1Br. The molecule has 1 atom stereocenters. The van der Waals surface area contributed by atoms with Crippen molar-refractivity contribution < 1.29 is 9.53 Å². The summed E-state index contributed by atoms with van der Waals surface area (Å²) in [6, 6.07) is 3.77. The molecule has 0 saturated carbocycles. The maximum absolute atomic E-state index is 11.8. The van der Waals surface area contributed by atoms with Gasteiger partial charge in [0.2, 0.25) is 0 Å². The Morgan fingerprint density at radius 3 is 2.47 bits per heavy atom. The van der Waals surface area contributed by atoms with Crippen LogP contribution < -0.4 is 15.8 Å². The van der Waals surface area contributed by atoms with Crippen molar-refractivity contribution in [3.05, 3.63) is 26.6 Å². The van der Waals surface area contributed by atoms with Crippen molar-refractivity contribution in [1.29, 1.82) is 0 Å². The Hall–Kier alpha value is -0.590. The molecule has 0 spiro atoms. The molecule has 0 aromatic heterocycles. The number of amides is 1. The van der Waals surface area contributed by atoms with Gasteiger partial charge >= 0.3 is 0 Å². The standard InChI is InChI=1S/C13H18Br2N2O2/c1-3-4-17-13(18)8(2)19-12-10(14)5-9(7-16)6-11(12)15/h5-6,8H,3-4,7,16H2,1-2H3,(H,17,18). The first-order valence-electron chi connectivity index (χ1n) is 6.12. The maximum atomic E-state index is 11.8. The quantitative estimate of drug-likeness (QED) is 0.780. The van der Waals surface area contributed by atoms with Crippen LogP contribution in [-0.2, 0) is 11.3 Å². The summed E-state index contributed by atoms with van der Waals surface area (Å²) in [5.41, 5.74) is 6.58. The number of rotatable bonds is 6. The number of carbonyl (C=O) groups is 1. The number of nitrogens with one attached hydrogen (secondary N) is 1. The highest BCUT2D eigenvalue weighted by Gasteiger charge is 2.17. The van der Waals surface area contributed by atoms with Crippen LogP contribution in [0.1, 0.15) is 25.8 Å². The molecule has 1 amide bonds. The van der Waals surface area contributed by atoms with Crippen LogP contribution in [0.5, 0.6) is 5.75 Å². The van der Waals surface area contributed by atoms with Gasteiger partial charge in [-0.3, -0.25) is 4.79 Å². The summed E-state index contributed by atoms with van der Waals surface area (Å²) >= 11 is 6.85. The third kappa shape index (κ3) is 4.78. The predicted octanol–water partition coefficient (Wildman–Crippen LogP) is 2.96. The second-order valence-corrected chi connectivity index (χ2v) is 5.85. The highest BCUT2D eigenvalue weighted by molar-refractivity contribution is 9.11. The summed E-state index contributed by atoms with van der Waals surface area (Å²) in [4.78, 5) is 11.8. The van der Waals surface area contributed by atoms with Crippen molar-refractivity contribution in [3.63, 3.8) is 0 Å². The van der Waals surface area contributed by atoms with Crippen LogP contribution in [0, 0.1) is 0 Å². The molecular weight excluding hydrogens is 376 g/mol. The first-order valence-corrected chi connectivity index (χ1v) is 7.70. The van der Waals surface area contributed by atoms with Gasteiger partial charge in [0, 0.05) is 13.1 Å². The minimum Gasteiger partial charge on any atom is -0.479 e. The molecule has 19 heavy (non-hydrogen) atoms. The number of hydrogen-bond donors (Lipinski definition) is 2. The van der Waals surface area contributed by atoms with Gasteiger partial charge in [-0.05, 0) is 62.9 Å². The van der Waals surface area contributed by atoms with Gasteiger partial charge in [-0.25, -0.2) is 0 Å². The Bertz CT molecular complexity index is 429. The van der Waals surface area contributed by atoms with Crippen molar-refractivity contribution in [1.82, 2.24) is 5.32 Å². The molecule has 0 aliphatic rings. The molecule has 6 heteroatoms. The van der Waals surface area contributed by atoms with E-state index in [-0.39, 0.29) is 5.91 Å². The second-order valence-electron chi connectivity index (χ2n) is 4.14. The van der Waals surface area contributed by atoms with Crippen molar-refractivity contribution in [2.75, 3.05) is 6.54 Å². The smallest absolute Gasteiger partial charge is 0.260 e. The van der Waals surface area contributed by atoms with Crippen LogP contribution in [0.2, 0.25) is 0 Å². The van der Waals surface area contributed by atoms with Gasteiger partial charge in [0.1, 0.15) is 5.75 Å². The Morgan fingerprint density at radius 2 is 2.00 bits per heavy atom. The molecule has 1 aromatic rings. The predicted molar refractivity (Wildman–Crippen MR) is 83.1 cm³/mol. The van der Waals surface area contributed by atoms with Crippen molar-refractivity contribution in [2.24, 2.45) is 5.73 Å². The van der Waals surface area contributed by atoms with Gasteiger partial charge in [-0.1, -0.05) is 6.92 Å². The fourth-order valence-corrected chi connectivity index (χ4v) is 2.93. The lowest BCUT2D eigenvalue weighted by atomic mass is 10.2. The van der Waals surface area contributed by atoms with Crippen molar-refractivity contribution >= 4 is 37.8 Å². The Balaban J connectivity index is 2.79. The monoisotopic (exact) mass is 392 g/mol. The average Bonchev–Trinajstić information content (AvgIpc) is 2.39. The third-order valence-corrected chi connectivity index (χ3v) is 3.68. The fourth-order valence-electron chi connectivity index (χ4n) is 1.47. The lowest BCUT2D eigenvalue weighted by Crippen LogP contribution is -2.36. The fraction of sp³-hybridized carbons (Fsp3) is 0.462. The van der Waals surface area contributed by atoms with E-state index in [1.165, 1.54) is 0 Å².